The third-order valence-corrected chi connectivity index (χ3v) is 2.45. The third kappa shape index (κ3) is 4.27. The Morgan fingerprint density at radius 2 is 2.05 bits per heavy atom. The summed E-state index contributed by atoms with van der Waals surface area (Å²) < 4.78 is 37.2. The molecule has 0 radical (unpaired) electrons. The normalized spacial score (nSPS) is 12.9. The Hall–Kier alpha value is -2.05. The minimum Gasteiger partial charge on any atom is -0.258 e. The number of alkyl halides is 3. The van der Waals surface area contributed by atoms with Gasteiger partial charge in [0.05, 0.1) is 40.8 Å². The Labute approximate surface area is 112 Å². The van der Waals surface area contributed by atoms with Crippen LogP contribution in [0.1, 0.15) is 12.0 Å². The van der Waals surface area contributed by atoms with E-state index >= 15 is 0 Å². The lowest BCUT2D eigenvalue weighted by Crippen LogP contribution is -2.04. The van der Waals surface area contributed by atoms with Crippen molar-refractivity contribution < 1.29 is 13.2 Å². The van der Waals surface area contributed by atoms with E-state index < -0.39 is 17.7 Å². The number of halogens is 4. The molecule has 7 heteroatoms. The van der Waals surface area contributed by atoms with Gasteiger partial charge in [-0.05, 0) is 18.2 Å². The molecule has 0 heterocycles. The number of hydrogen-bond acceptors (Lipinski definition) is 3. The van der Waals surface area contributed by atoms with Gasteiger partial charge in [0.1, 0.15) is 0 Å². The fourth-order valence-electron chi connectivity index (χ4n) is 1.19. The van der Waals surface area contributed by atoms with Crippen molar-refractivity contribution in [3.05, 3.63) is 28.8 Å². The van der Waals surface area contributed by atoms with Gasteiger partial charge in [0.25, 0.3) is 0 Å². The zero-order valence-corrected chi connectivity index (χ0v) is 10.2. The molecule has 1 aromatic rings. The molecule has 0 aromatic heterocycles. The molecule has 0 N–H and O–H groups in total. The Bertz CT molecular complexity index is 567. The van der Waals surface area contributed by atoms with Crippen LogP contribution in [0.25, 0.3) is 0 Å². The van der Waals surface area contributed by atoms with E-state index in [0.717, 1.165) is 18.2 Å². The van der Waals surface area contributed by atoms with E-state index in [2.05, 4.69) is 4.99 Å². The van der Waals surface area contributed by atoms with Crippen molar-refractivity contribution in [2.75, 3.05) is 0 Å². The number of nitriles is 2. The zero-order chi connectivity index (χ0) is 14.5. The van der Waals surface area contributed by atoms with E-state index in [4.69, 9.17) is 22.1 Å². The predicted octanol–water partition coefficient (Wildman–Crippen LogP) is 4.11. The predicted molar refractivity (Wildman–Crippen MR) is 63.9 cm³/mol. The van der Waals surface area contributed by atoms with Crippen LogP contribution in [0.4, 0.5) is 18.9 Å². The minimum atomic E-state index is -4.47. The summed E-state index contributed by atoms with van der Waals surface area (Å²) in [5, 5.41) is 16.9. The van der Waals surface area contributed by atoms with Crippen molar-refractivity contribution >= 4 is 23.5 Å². The second kappa shape index (κ2) is 6.21. The first kappa shape index (κ1) is 15.0. The van der Waals surface area contributed by atoms with Crippen molar-refractivity contribution in [3.63, 3.8) is 0 Å². The standard InChI is InChI=1S/C12H7ClF3N3/c13-10-5-9(12(14,15)16)1-2-11(10)19-7-8(6-18)3-4-17/h1-2,5,7-8H,3H2. The van der Waals surface area contributed by atoms with Gasteiger partial charge in [-0.2, -0.15) is 23.7 Å². The van der Waals surface area contributed by atoms with Crippen molar-refractivity contribution in [2.45, 2.75) is 12.6 Å². The number of aliphatic imine (C=N–C) groups is 1. The van der Waals surface area contributed by atoms with E-state index in [9.17, 15) is 13.2 Å². The summed E-state index contributed by atoms with van der Waals surface area (Å²) in [5.41, 5.74) is -0.752. The van der Waals surface area contributed by atoms with E-state index in [1.165, 1.54) is 6.21 Å². The van der Waals surface area contributed by atoms with Gasteiger partial charge in [-0.1, -0.05) is 11.6 Å². The van der Waals surface area contributed by atoms with Crippen LogP contribution in [0.15, 0.2) is 23.2 Å². The third-order valence-electron chi connectivity index (χ3n) is 2.15. The maximum atomic E-state index is 12.4. The van der Waals surface area contributed by atoms with Crippen LogP contribution in [0.3, 0.4) is 0 Å². The molecule has 0 aliphatic rings. The maximum absolute atomic E-state index is 12.4. The van der Waals surface area contributed by atoms with Gasteiger partial charge >= 0.3 is 6.18 Å². The van der Waals surface area contributed by atoms with E-state index in [1.807, 2.05) is 6.07 Å². The van der Waals surface area contributed by atoms with Crippen molar-refractivity contribution in [1.29, 1.82) is 10.5 Å². The first-order valence-corrected chi connectivity index (χ1v) is 5.43. The van der Waals surface area contributed by atoms with Gasteiger partial charge in [-0.25, -0.2) is 0 Å². The van der Waals surface area contributed by atoms with Crippen LogP contribution < -0.4 is 0 Å². The first-order chi connectivity index (χ1) is 8.88. The van der Waals surface area contributed by atoms with Gasteiger partial charge in [-0.3, -0.25) is 4.99 Å². The van der Waals surface area contributed by atoms with Crippen molar-refractivity contribution in [2.24, 2.45) is 10.9 Å². The quantitative estimate of drug-likeness (QED) is 0.784. The number of benzene rings is 1. The molecule has 0 fully saturated rings. The average molecular weight is 286 g/mol. The Morgan fingerprint density at radius 3 is 2.53 bits per heavy atom. The highest BCUT2D eigenvalue weighted by atomic mass is 35.5. The van der Waals surface area contributed by atoms with Crippen molar-refractivity contribution in [3.8, 4) is 12.1 Å². The molecular weight excluding hydrogens is 279 g/mol. The largest absolute Gasteiger partial charge is 0.416 e. The second-order valence-electron chi connectivity index (χ2n) is 3.54. The molecular formula is C12H7ClF3N3. The van der Waals surface area contributed by atoms with Gasteiger partial charge in [0.2, 0.25) is 0 Å². The van der Waals surface area contributed by atoms with E-state index in [0.29, 0.717) is 0 Å². The van der Waals surface area contributed by atoms with Crippen LogP contribution in [0, 0.1) is 28.6 Å². The Balaban J connectivity index is 2.96. The summed E-state index contributed by atoms with van der Waals surface area (Å²) in [4.78, 5) is 3.82. The SMILES string of the molecule is N#CCC(C#N)C=Nc1ccc(C(F)(F)F)cc1Cl. The Morgan fingerprint density at radius 1 is 1.37 bits per heavy atom. The lowest BCUT2D eigenvalue weighted by atomic mass is 10.1. The average Bonchev–Trinajstić information content (AvgIpc) is 2.34. The summed E-state index contributed by atoms with van der Waals surface area (Å²) in [6.07, 6.45) is -3.32. The lowest BCUT2D eigenvalue weighted by Gasteiger charge is -2.07. The molecule has 98 valence electrons. The molecule has 3 nitrogen and oxygen atoms in total. The summed E-state index contributed by atoms with van der Waals surface area (Å²) in [5.74, 6) is -0.719. The summed E-state index contributed by atoms with van der Waals surface area (Å²) in [6, 6.07) is 6.37. The molecule has 0 saturated heterocycles. The van der Waals surface area contributed by atoms with Crippen LogP contribution in [0.5, 0.6) is 0 Å². The van der Waals surface area contributed by atoms with Crippen LogP contribution in [0.2, 0.25) is 5.02 Å². The van der Waals surface area contributed by atoms with Gasteiger partial charge in [0.15, 0.2) is 0 Å². The molecule has 0 saturated carbocycles. The molecule has 0 amide bonds. The summed E-state index contributed by atoms with van der Waals surface area (Å²) in [6.45, 7) is 0. The smallest absolute Gasteiger partial charge is 0.258 e. The van der Waals surface area contributed by atoms with Crippen molar-refractivity contribution in [1.82, 2.24) is 0 Å². The van der Waals surface area contributed by atoms with Crippen LogP contribution >= 0.6 is 11.6 Å². The highest BCUT2D eigenvalue weighted by molar-refractivity contribution is 6.33. The van der Waals surface area contributed by atoms with E-state index in [-0.39, 0.29) is 17.1 Å². The molecule has 0 bridgehead atoms. The maximum Gasteiger partial charge on any atom is 0.416 e. The monoisotopic (exact) mass is 285 g/mol. The highest BCUT2D eigenvalue weighted by Gasteiger charge is 2.30. The summed E-state index contributed by atoms with van der Waals surface area (Å²) >= 11 is 5.68. The molecule has 0 spiro atoms. The zero-order valence-electron chi connectivity index (χ0n) is 9.45. The van der Waals surface area contributed by atoms with Crippen LogP contribution in [-0.2, 0) is 6.18 Å². The molecule has 1 atom stereocenters. The molecule has 1 rings (SSSR count). The van der Waals surface area contributed by atoms with Gasteiger partial charge in [-0.15, -0.1) is 0 Å². The fraction of sp³-hybridized carbons (Fsp3) is 0.250. The number of nitrogens with zero attached hydrogens (tertiary/aromatic N) is 3. The topological polar surface area (TPSA) is 59.9 Å². The molecule has 19 heavy (non-hydrogen) atoms. The minimum absolute atomic E-state index is 0.0434. The molecule has 1 aromatic carbocycles. The first-order valence-electron chi connectivity index (χ1n) is 5.06. The fourth-order valence-corrected chi connectivity index (χ4v) is 1.42. The van der Waals surface area contributed by atoms with Gasteiger partial charge < -0.3 is 0 Å². The number of hydrogen-bond donors (Lipinski definition) is 0. The molecule has 1 unspecified atom stereocenters. The second-order valence-corrected chi connectivity index (χ2v) is 3.95. The van der Waals surface area contributed by atoms with Crippen LogP contribution in [-0.4, -0.2) is 6.21 Å². The Kier molecular flexibility index (Phi) is 4.91. The van der Waals surface area contributed by atoms with E-state index in [1.54, 1.807) is 6.07 Å². The molecule has 0 aliphatic carbocycles. The summed E-state index contributed by atoms with van der Waals surface area (Å²) in [7, 11) is 0. The number of rotatable bonds is 3. The molecule has 0 aliphatic heterocycles. The van der Waals surface area contributed by atoms with Gasteiger partial charge in [0, 0.05) is 6.21 Å². The highest BCUT2D eigenvalue weighted by Crippen LogP contribution is 2.34. The lowest BCUT2D eigenvalue weighted by molar-refractivity contribution is -0.137.